The van der Waals surface area contributed by atoms with Crippen LogP contribution in [0.15, 0.2) is 18.2 Å². The van der Waals surface area contributed by atoms with Gasteiger partial charge in [-0.15, -0.1) is 0 Å². The van der Waals surface area contributed by atoms with Gasteiger partial charge in [0.15, 0.2) is 0 Å². The van der Waals surface area contributed by atoms with Crippen molar-refractivity contribution in [3.63, 3.8) is 0 Å². The second-order valence-electron chi connectivity index (χ2n) is 3.53. The first-order chi connectivity index (χ1) is 7.25. The highest BCUT2D eigenvalue weighted by molar-refractivity contribution is 6.34. The molecule has 1 atom stereocenters. The number of rotatable bonds is 2. The maximum atomic E-state index is 5.99. The predicted octanol–water partition coefficient (Wildman–Crippen LogP) is 3.55. The summed E-state index contributed by atoms with van der Waals surface area (Å²) in [7, 11) is 0. The molecule has 0 aromatic heterocycles. The van der Waals surface area contributed by atoms with Gasteiger partial charge in [-0.3, -0.25) is 0 Å². The zero-order valence-electron chi connectivity index (χ0n) is 8.21. The maximum absolute atomic E-state index is 5.99. The van der Waals surface area contributed by atoms with Crippen LogP contribution < -0.4 is 4.74 Å². The second kappa shape index (κ2) is 5.06. The molecule has 1 aromatic rings. The van der Waals surface area contributed by atoms with E-state index in [1.807, 2.05) is 0 Å². The summed E-state index contributed by atoms with van der Waals surface area (Å²) < 4.78 is 11.0. The van der Waals surface area contributed by atoms with Gasteiger partial charge in [-0.1, -0.05) is 23.2 Å². The van der Waals surface area contributed by atoms with Gasteiger partial charge in [0.25, 0.3) is 0 Å². The quantitative estimate of drug-likeness (QED) is 0.795. The van der Waals surface area contributed by atoms with Crippen molar-refractivity contribution in [2.75, 3.05) is 13.2 Å². The molecular formula is C11H12Cl2O2. The van der Waals surface area contributed by atoms with Gasteiger partial charge in [-0.05, 0) is 25.0 Å². The van der Waals surface area contributed by atoms with Gasteiger partial charge in [-0.2, -0.15) is 0 Å². The lowest BCUT2D eigenvalue weighted by Gasteiger charge is -2.23. The Bertz CT molecular complexity index is 335. The summed E-state index contributed by atoms with van der Waals surface area (Å²) in [4.78, 5) is 0. The van der Waals surface area contributed by atoms with Crippen molar-refractivity contribution in [1.82, 2.24) is 0 Å². The summed E-state index contributed by atoms with van der Waals surface area (Å²) in [5.41, 5.74) is 0. The molecule has 0 amide bonds. The van der Waals surface area contributed by atoms with Crippen molar-refractivity contribution in [3.05, 3.63) is 28.2 Å². The molecular weight excluding hydrogens is 235 g/mol. The van der Waals surface area contributed by atoms with E-state index in [1.165, 1.54) is 0 Å². The summed E-state index contributed by atoms with van der Waals surface area (Å²) in [6.45, 7) is 1.45. The molecule has 0 aliphatic carbocycles. The Balaban J connectivity index is 2.05. The fraction of sp³-hybridized carbons (Fsp3) is 0.455. The molecule has 0 bridgehead atoms. The van der Waals surface area contributed by atoms with E-state index >= 15 is 0 Å². The minimum absolute atomic E-state index is 0.0923. The molecule has 15 heavy (non-hydrogen) atoms. The lowest BCUT2D eigenvalue weighted by molar-refractivity contribution is 0.00748. The molecule has 2 nitrogen and oxygen atoms in total. The summed E-state index contributed by atoms with van der Waals surface area (Å²) in [5.74, 6) is 0.639. The molecule has 1 aliphatic heterocycles. The first-order valence-corrected chi connectivity index (χ1v) is 5.71. The van der Waals surface area contributed by atoms with Crippen LogP contribution in [0.25, 0.3) is 0 Å². The standard InChI is InChI=1S/C11H12Cl2O2/c12-8-3-4-10(13)11(6-8)15-9-2-1-5-14-7-9/h3-4,6,9H,1-2,5,7H2. The van der Waals surface area contributed by atoms with Crippen LogP contribution in [0.4, 0.5) is 0 Å². The van der Waals surface area contributed by atoms with E-state index in [9.17, 15) is 0 Å². The lowest BCUT2D eigenvalue weighted by Crippen LogP contribution is -2.28. The summed E-state index contributed by atoms with van der Waals surface area (Å²) in [6, 6.07) is 5.22. The third-order valence-electron chi connectivity index (χ3n) is 2.31. The molecule has 82 valence electrons. The SMILES string of the molecule is Clc1ccc(Cl)c(OC2CCCOC2)c1. The average molecular weight is 247 g/mol. The molecule has 1 aromatic carbocycles. The van der Waals surface area contributed by atoms with Gasteiger partial charge < -0.3 is 9.47 Å². The Kier molecular flexibility index (Phi) is 3.73. The van der Waals surface area contributed by atoms with Crippen LogP contribution in [0.3, 0.4) is 0 Å². The van der Waals surface area contributed by atoms with E-state index < -0.39 is 0 Å². The van der Waals surface area contributed by atoms with Gasteiger partial charge in [0.1, 0.15) is 11.9 Å². The van der Waals surface area contributed by atoms with Crippen LogP contribution >= 0.6 is 23.2 Å². The molecule has 1 aliphatic rings. The molecule has 0 spiro atoms. The first-order valence-electron chi connectivity index (χ1n) is 4.95. The zero-order valence-corrected chi connectivity index (χ0v) is 9.72. The molecule has 1 heterocycles. The summed E-state index contributed by atoms with van der Waals surface area (Å²) >= 11 is 11.9. The molecule has 2 rings (SSSR count). The zero-order chi connectivity index (χ0) is 10.7. The number of halogens is 2. The van der Waals surface area contributed by atoms with Gasteiger partial charge in [0, 0.05) is 17.7 Å². The molecule has 1 fully saturated rings. The van der Waals surface area contributed by atoms with Crippen LogP contribution in [0.1, 0.15) is 12.8 Å². The molecule has 0 saturated carbocycles. The molecule has 1 unspecified atom stereocenters. The maximum Gasteiger partial charge on any atom is 0.139 e. The molecule has 1 saturated heterocycles. The normalized spacial score (nSPS) is 21.3. The largest absolute Gasteiger partial charge is 0.486 e. The lowest BCUT2D eigenvalue weighted by atomic mass is 10.2. The number of hydrogen-bond donors (Lipinski definition) is 0. The fourth-order valence-corrected chi connectivity index (χ4v) is 1.88. The van der Waals surface area contributed by atoms with E-state index in [0.717, 1.165) is 19.4 Å². The van der Waals surface area contributed by atoms with E-state index in [2.05, 4.69) is 0 Å². The average Bonchev–Trinajstić information content (AvgIpc) is 2.25. The van der Waals surface area contributed by atoms with Crippen molar-refractivity contribution in [2.24, 2.45) is 0 Å². The molecule has 0 radical (unpaired) electrons. The van der Waals surface area contributed by atoms with Crippen LogP contribution in [0.2, 0.25) is 10.0 Å². The number of benzene rings is 1. The van der Waals surface area contributed by atoms with Crippen LogP contribution in [-0.4, -0.2) is 19.3 Å². The highest BCUT2D eigenvalue weighted by Gasteiger charge is 2.16. The van der Waals surface area contributed by atoms with Gasteiger partial charge in [-0.25, -0.2) is 0 Å². The van der Waals surface area contributed by atoms with Gasteiger partial charge >= 0.3 is 0 Å². The van der Waals surface area contributed by atoms with Crippen molar-refractivity contribution in [1.29, 1.82) is 0 Å². The number of ether oxygens (including phenoxy) is 2. The van der Waals surface area contributed by atoms with E-state index in [-0.39, 0.29) is 6.10 Å². The Morgan fingerprint density at radius 1 is 1.33 bits per heavy atom. The highest BCUT2D eigenvalue weighted by Crippen LogP contribution is 2.29. The van der Waals surface area contributed by atoms with Gasteiger partial charge in [0.05, 0.1) is 11.6 Å². The Labute approximate surface area is 99.1 Å². The third-order valence-corrected chi connectivity index (χ3v) is 2.85. The fourth-order valence-electron chi connectivity index (χ4n) is 1.55. The monoisotopic (exact) mass is 246 g/mol. The minimum atomic E-state index is 0.0923. The van der Waals surface area contributed by atoms with Gasteiger partial charge in [0.2, 0.25) is 0 Å². The molecule has 4 heteroatoms. The first kappa shape index (κ1) is 11.1. The van der Waals surface area contributed by atoms with E-state index in [4.69, 9.17) is 32.7 Å². The summed E-state index contributed by atoms with van der Waals surface area (Å²) in [6.07, 6.45) is 2.13. The smallest absolute Gasteiger partial charge is 0.139 e. The van der Waals surface area contributed by atoms with Crippen molar-refractivity contribution in [2.45, 2.75) is 18.9 Å². The van der Waals surface area contributed by atoms with Crippen LogP contribution in [0, 0.1) is 0 Å². The topological polar surface area (TPSA) is 18.5 Å². The van der Waals surface area contributed by atoms with E-state index in [0.29, 0.717) is 22.4 Å². The number of hydrogen-bond acceptors (Lipinski definition) is 2. The predicted molar refractivity (Wildman–Crippen MR) is 60.9 cm³/mol. The van der Waals surface area contributed by atoms with Crippen molar-refractivity contribution < 1.29 is 9.47 Å². The van der Waals surface area contributed by atoms with Crippen molar-refractivity contribution in [3.8, 4) is 5.75 Å². The molecule has 0 N–H and O–H groups in total. The minimum Gasteiger partial charge on any atom is -0.486 e. The Morgan fingerprint density at radius 3 is 2.93 bits per heavy atom. The van der Waals surface area contributed by atoms with E-state index in [1.54, 1.807) is 18.2 Å². The van der Waals surface area contributed by atoms with Crippen molar-refractivity contribution >= 4 is 23.2 Å². The summed E-state index contributed by atoms with van der Waals surface area (Å²) in [5, 5.41) is 1.22. The highest BCUT2D eigenvalue weighted by atomic mass is 35.5. The van der Waals surface area contributed by atoms with Crippen LogP contribution in [-0.2, 0) is 4.74 Å². The Hall–Kier alpha value is -0.440. The second-order valence-corrected chi connectivity index (χ2v) is 4.38. The Morgan fingerprint density at radius 2 is 2.20 bits per heavy atom. The third kappa shape index (κ3) is 3.00. The van der Waals surface area contributed by atoms with Crippen LogP contribution in [0.5, 0.6) is 5.75 Å².